The molecule has 0 radical (unpaired) electrons. The van der Waals surface area contributed by atoms with Gasteiger partial charge < -0.3 is 10.7 Å². The molecule has 13 heavy (non-hydrogen) atoms. The Balaban J connectivity index is 3.03. The summed E-state index contributed by atoms with van der Waals surface area (Å²) in [7, 11) is 0. The van der Waals surface area contributed by atoms with Crippen LogP contribution in [0.1, 0.15) is 11.4 Å². The second-order valence-corrected chi connectivity index (χ2v) is 2.99. The van der Waals surface area contributed by atoms with Crippen molar-refractivity contribution in [3.8, 4) is 12.1 Å². The number of rotatable bonds is 1. The van der Waals surface area contributed by atoms with Crippen LogP contribution in [0.3, 0.4) is 0 Å². The number of hydrogen-bond donors (Lipinski definition) is 3. The predicted octanol–water partition coefficient (Wildman–Crippen LogP) is 0.139. The van der Waals surface area contributed by atoms with Gasteiger partial charge in [0.15, 0.2) is 21.7 Å². The van der Waals surface area contributed by atoms with E-state index in [0.29, 0.717) is 0 Å². The molecule has 1 heterocycles. The number of nitrogens with one attached hydrogen (secondary N) is 2. The van der Waals surface area contributed by atoms with E-state index in [2.05, 4.69) is 9.97 Å². The molecule has 1 rings (SSSR count). The zero-order chi connectivity index (χ0) is 9.84. The maximum atomic E-state index is 8.53. The molecule has 0 aromatic carbocycles. The van der Waals surface area contributed by atoms with Gasteiger partial charge in [-0.05, 0) is 11.8 Å². The summed E-state index contributed by atoms with van der Waals surface area (Å²) in [5.74, 6) is 0. The lowest BCUT2D eigenvalue weighted by atomic mass is 10.4. The SMILES string of the molecule is N#Cc1nc(SC(=N)N)[nH]c1C#N. The van der Waals surface area contributed by atoms with Crippen molar-refractivity contribution in [3.05, 3.63) is 11.4 Å². The van der Waals surface area contributed by atoms with Crippen LogP contribution in [0, 0.1) is 28.1 Å². The van der Waals surface area contributed by atoms with Gasteiger partial charge in [0.1, 0.15) is 12.1 Å². The monoisotopic (exact) mass is 192 g/mol. The number of hydrogen-bond acceptors (Lipinski definition) is 5. The molecule has 64 valence electrons. The van der Waals surface area contributed by atoms with Crippen LogP contribution in [0.25, 0.3) is 0 Å². The van der Waals surface area contributed by atoms with Gasteiger partial charge in [0.25, 0.3) is 0 Å². The first kappa shape index (κ1) is 9.10. The Kier molecular flexibility index (Phi) is 2.52. The predicted molar refractivity (Wildman–Crippen MR) is 45.8 cm³/mol. The molecule has 7 heteroatoms. The molecule has 1 aromatic rings. The molecule has 1 aromatic heterocycles. The quantitative estimate of drug-likeness (QED) is 0.331. The lowest BCUT2D eigenvalue weighted by Gasteiger charge is -1.89. The Labute approximate surface area is 77.9 Å². The standard InChI is InChI=1S/C6H4N6S/c7-1-3-4(2-8)12-6(11-3)13-5(9)10/h(H3,9,10)(H,11,12). The van der Waals surface area contributed by atoms with Gasteiger partial charge in [-0.1, -0.05) is 0 Å². The molecule has 0 bridgehead atoms. The van der Waals surface area contributed by atoms with E-state index >= 15 is 0 Å². The Hall–Kier alpha value is -1.99. The van der Waals surface area contributed by atoms with Gasteiger partial charge >= 0.3 is 0 Å². The zero-order valence-corrected chi connectivity index (χ0v) is 7.14. The number of nitrogens with two attached hydrogens (primary N) is 1. The molecule has 0 unspecified atom stereocenters. The summed E-state index contributed by atoms with van der Waals surface area (Å²) >= 11 is 0.856. The summed E-state index contributed by atoms with van der Waals surface area (Å²) in [6, 6.07) is 3.53. The van der Waals surface area contributed by atoms with Crippen LogP contribution in [0.15, 0.2) is 5.16 Å². The van der Waals surface area contributed by atoms with Crippen LogP contribution in [0.2, 0.25) is 0 Å². The van der Waals surface area contributed by atoms with Crippen molar-refractivity contribution in [2.24, 2.45) is 5.73 Å². The molecule has 0 atom stereocenters. The van der Waals surface area contributed by atoms with Crippen molar-refractivity contribution < 1.29 is 0 Å². The van der Waals surface area contributed by atoms with Crippen molar-refractivity contribution in [1.29, 1.82) is 15.9 Å². The minimum atomic E-state index is -0.150. The van der Waals surface area contributed by atoms with E-state index in [0.717, 1.165) is 11.8 Å². The number of aromatic nitrogens is 2. The van der Waals surface area contributed by atoms with Gasteiger partial charge in [0.2, 0.25) is 0 Å². The van der Waals surface area contributed by atoms with Crippen molar-refractivity contribution >= 4 is 16.9 Å². The first-order valence-electron chi connectivity index (χ1n) is 3.09. The molecule has 0 aliphatic rings. The van der Waals surface area contributed by atoms with Crippen LogP contribution in [-0.2, 0) is 0 Å². The molecule has 0 saturated carbocycles. The van der Waals surface area contributed by atoms with E-state index in [4.69, 9.17) is 21.7 Å². The summed E-state index contributed by atoms with van der Waals surface area (Å²) in [6.07, 6.45) is 0. The fourth-order valence-corrected chi connectivity index (χ4v) is 1.16. The van der Waals surface area contributed by atoms with E-state index in [1.165, 1.54) is 0 Å². The van der Waals surface area contributed by atoms with Gasteiger partial charge in [0.05, 0.1) is 0 Å². The van der Waals surface area contributed by atoms with Crippen LogP contribution >= 0.6 is 11.8 Å². The molecule has 0 amide bonds. The maximum Gasteiger partial charge on any atom is 0.177 e. The highest BCUT2D eigenvalue weighted by atomic mass is 32.2. The van der Waals surface area contributed by atoms with Crippen LogP contribution in [-0.4, -0.2) is 15.1 Å². The van der Waals surface area contributed by atoms with Crippen LogP contribution in [0.4, 0.5) is 0 Å². The highest BCUT2D eigenvalue weighted by Gasteiger charge is 2.09. The number of aromatic amines is 1. The van der Waals surface area contributed by atoms with Gasteiger partial charge in [-0.15, -0.1) is 0 Å². The lowest BCUT2D eigenvalue weighted by molar-refractivity contribution is 1.05. The molecule has 6 nitrogen and oxygen atoms in total. The third kappa shape index (κ3) is 1.98. The first-order valence-corrected chi connectivity index (χ1v) is 3.91. The van der Waals surface area contributed by atoms with Crippen molar-refractivity contribution in [2.75, 3.05) is 0 Å². The minimum Gasteiger partial charge on any atom is -0.378 e. The Morgan fingerprint density at radius 1 is 1.54 bits per heavy atom. The summed E-state index contributed by atoms with van der Waals surface area (Å²) < 4.78 is 0. The third-order valence-electron chi connectivity index (χ3n) is 1.11. The zero-order valence-electron chi connectivity index (χ0n) is 6.33. The van der Waals surface area contributed by atoms with Crippen molar-refractivity contribution in [1.82, 2.24) is 9.97 Å². The first-order chi connectivity index (χ1) is 6.17. The minimum absolute atomic E-state index is 0.0197. The summed E-state index contributed by atoms with van der Waals surface area (Å²) in [5, 5.41) is 24.1. The highest BCUT2D eigenvalue weighted by Crippen LogP contribution is 2.14. The number of imidazole rings is 1. The molecular formula is C6H4N6S. The van der Waals surface area contributed by atoms with E-state index in [9.17, 15) is 0 Å². The highest BCUT2D eigenvalue weighted by molar-refractivity contribution is 8.13. The molecule has 0 spiro atoms. The van der Waals surface area contributed by atoms with E-state index in [1.807, 2.05) is 0 Å². The fourth-order valence-electron chi connectivity index (χ4n) is 0.666. The number of amidine groups is 1. The van der Waals surface area contributed by atoms with Gasteiger partial charge in [-0.2, -0.15) is 10.5 Å². The molecule has 0 fully saturated rings. The van der Waals surface area contributed by atoms with Crippen molar-refractivity contribution in [2.45, 2.75) is 5.16 Å². The largest absolute Gasteiger partial charge is 0.378 e. The molecule has 4 N–H and O–H groups in total. The normalized spacial score (nSPS) is 8.77. The maximum absolute atomic E-state index is 8.53. The Morgan fingerprint density at radius 2 is 2.23 bits per heavy atom. The fraction of sp³-hybridized carbons (Fsp3) is 0. The smallest absolute Gasteiger partial charge is 0.177 e. The van der Waals surface area contributed by atoms with Gasteiger partial charge in [0, 0.05) is 0 Å². The topological polar surface area (TPSA) is 126 Å². The summed E-state index contributed by atoms with van der Waals surface area (Å²) in [6.45, 7) is 0. The van der Waals surface area contributed by atoms with Crippen LogP contribution < -0.4 is 5.73 Å². The summed E-state index contributed by atoms with van der Waals surface area (Å²) in [5.41, 5.74) is 5.20. The number of thioether (sulfide) groups is 1. The second-order valence-electron chi connectivity index (χ2n) is 1.96. The average molecular weight is 192 g/mol. The lowest BCUT2D eigenvalue weighted by Crippen LogP contribution is -2.03. The third-order valence-corrected chi connectivity index (χ3v) is 1.71. The number of H-pyrrole nitrogens is 1. The Morgan fingerprint density at radius 3 is 2.62 bits per heavy atom. The van der Waals surface area contributed by atoms with Gasteiger partial charge in [-0.3, -0.25) is 5.41 Å². The summed E-state index contributed by atoms with van der Waals surface area (Å²) in [4.78, 5) is 6.30. The number of nitriles is 2. The molecule has 0 saturated heterocycles. The average Bonchev–Trinajstić information content (AvgIpc) is 2.45. The van der Waals surface area contributed by atoms with E-state index in [1.54, 1.807) is 12.1 Å². The number of nitrogens with zero attached hydrogens (tertiary/aromatic N) is 3. The van der Waals surface area contributed by atoms with Crippen LogP contribution in [0.5, 0.6) is 0 Å². The molecule has 0 aliphatic carbocycles. The Bertz CT molecular complexity index is 388. The van der Waals surface area contributed by atoms with Gasteiger partial charge in [-0.25, -0.2) is 4.98 Å². The molecular weight excluding hydrogens is 188 g/mol. The van der Waals surface area contributed by atoms with Crippen molar-refractivity contribution in [3.63, 3.8) is 0 Å². The van der Waals surface area contributed by atoms with E-state index in [-0.39, 0.29) is 21.7 Å². The molecule has 0 aliphatic heterocycles. The van der Waals surface area contributed by atoms with E-state index < -0.39 is 0 Å². The second kappa shape index (κ2) is 3.61.